The smallest absolute Gasteiger partial charge is 0.0434 e. The average Bonchev–Trinajstić information content (AvgIpc) is 4.29. The van der Waals surface area contributed by atoms with E-state index in [4.69, 9.17) is 0 Å². The van der Waals surface area contributed by atoms with Gasteiger partial charge in [-0.3, -0.25) is 0 Å². The van der Waals surface area contributed by atoms with Crippen LogP contribution in [0.5, 0.6) is 0 Å². The van der Waals surface area contributed by atoms with Crippen LogP contribution >= 0.6 is 22.7 Å². The van der Waals surface area contributed by atoms with E-state index in [1.54, 1.807) is 0 Å². The molecule has 0 aliphatic carbocycles. The summed E-state index contributed by atoms with van der Waals surface area (Å²) in [5.74, 6) is 0. The maximum Gasteiger partial charge on any atom is 0.0434 e. The van der Waals surface area contributed by atoms with Crippen LogP contribution in [0.3, 0.4) is 0 Å². The topological polar surface area (TPSA) is 0 Å². The van der Waals surface area contributed by atoms with Crippen LogP contribution in [0.1, 0.15) is 0 Å². The maximum absolute atomic E-state index is 2.48. The number of thiophene rings is 2. The van der Waals surface area contributed by atoms with Gasteiger partial charge in [0.1, 0.15) is 0 Å². The fourth-order valence-corrected chi connectivity index (χ4v) is 15.0. The molecule has 2 aromatic heterocycles. The van der Waals surface area contributed by atoms with Crippen molar-refractivity contribution in [3.05, 3.63) is 279 Å². The third kappa shape index (κ3) is 7.26. The zero-order valence-electron chi connectivity index (χ0n) is 42.4. The van der Waals surface area contributed by atoms with Crippen molar-refractivity contribution >= 4 is 106 Å². The van der Waals surface area contributed by atoms with Crippen LogP contribution in [0.4, 0.5) is 0 Å². The van der Waals surface area contributed by atoms with Crippen LogP contribution in [-0.2, 0) is 0 Å². The molecule has 2 heteroatoms. The molecule has 0 unspecified atom stereocenters. The first kappa shape index (κ1) is 44.8. The van der Waals surface area contributed by atoms with E-state index >= 15 is 0 Å². The third-order valence-corrected chi connectivity index (χ3v) is 18.7. The molecule has 0 saturated heterocycles. The Hall–Kier alpha value is -9.44. The normalized spacial score (nSPS) is 11.8. The summed E-state index contributed by atoms with van der Waals surface area (Å²) >= 11 is 3.82. The Bertz CT molecular complexity index is 4760. The highest BCUT2D eigenvalue weighted by Crippen LogP contribution is 2.51. The minimum Gasteiger partial charge on any atom is -0.135 e. The van der Waals surface area contributed by atoms with Crippen LogP contribution in [0.25, 0.3) is 161 Å². The number of hydrogen-bond acceptors (Lipinski definition) is 2. The summed E-state index contributed by atoms with van der Waals surface area (Å²) in [4.78, 5) is 0. The Morgan fingerprint density at radius 2 is 0.436 bits per heavy atom. The molecule has 0 atom stereocenters. The molecule has 0 radical (unpaired) electrons. The summed E-state index contributed by atoms with van der Waals surface area (Å²) in [5.41, 5.74) is 17.2. The second-order valence-electron chi connectivity index (χ2n) is 20.6. The van der Waals surface area contributed by atoms with Crippen molar-refractivity contribution in [1.29, 1.82) is 0 Å². The first-order valence-corrected chi connectivity index (χ1v) is 28.4. The standard InChI is InChI=1S/C76H46S2/c1-5-25-55-47(17-1)21-13-33-59(55)51-37-39-73-67(41-51)71-45-53(61-35-15-23-49-19-3-7-27-57(49)61)43-69(75(71)77-73)65-31-11-9-29-63(65)64-30-10-12-32-66(64)70-44-54(62-36-16-24-50-20-4-8-28-58(50)62)46-72-68-42-52(38-40-74(68)78-76(70)72)60-34-14-22-48-18-2-6-26-56(48)60/h1-46H. The van der Waals surface area contributed by atoms with E-state index in [9.17, 15) is 0 Å². The monoisotopic (exact) mass is 1020 g/mol. The van der Waals surface area contributed by atoms with Gasteiger partial charge < -0.3 is 0 Å². The van der Waals surface area contributed by atoms with Crippen molar-refractivity contribution in [2.75, 3.05) is 0 Å². The molecule has 0 spiro atoms. The molecule has 0 aliphatic heterocycles. The van der Waals surface area contributed by atoms with Crippen LogP contribution in [0.15, 0.2) is 279 Å². The van der Waals surface area contributed by atoms with Crippen LogP contribution in [0.2, 0.25) is 0 Å². The number of rotatable bonds is 7. The first-order chi connectivity index (χ1) is 38.7. The molecule has 0 nitrogen and oxygen atoms in total. The molecule has 16 aromatic rings. The van der Waals surface area contributed by atoms with Crippen LogP contribution in [0, 0.1) is 0 Å². The fourth-order valence-electron chi connectivity index (χ4n) is 12.6. The van der Waals surface area contributed by atoms with E-state index in [-0.39, 0.29) is 0 Å². The number of fused-ring (bicyclic) bond motifs is 10. The molecule has 16 rings (SSSR count). The lowest BCUT2D eigenvalue weighted by atomic mass is 9.86. The molecule has 2 heterocycles. The zero-order chi connectivity index (χ0) is 51.3. The Morgan fingerprint density at radius 3 is 0.795 bits per heavy atom. The maximum atomic E-state index is 2.48. The lowest BCUT2D eigenvalue weighted by Crippen LogP contribution is -1.91. The molecule has 0 saturated carbocycles. The van der Waals surface area contributed by atoms with Gasteiger partial charge in [-0.1, -0.05) is 231 Å². The first-order valence-electron chi connectivity index (χ1n) is 26.8. The van der Waals surface area contributed by atoms with Crippen molar-refractivity contribution in [3.8, 4) is 77.9 Å². The summed E-state index contributed by atoms with van der Waals surface area (Å²) in [6.45, 7) is 0. The van der Waals surface area contributed by atoms with Crippen LogP contribution < -0.4 is 0 Å². The highest BCUT2D eigenvalue weighted by atomic mass is 32.1. The van der Waals surface area contributed by atoms with Gasteiger partial charge in [-0.15, -0.1) is 22.7 Å². The summed E-state index contributed by atoms with van der Waals surface area (Å²) in [6, 6.07) is 104. The molecule has 0 N–H and O–H groups in total. The van der Waals surface area contributed by atoms with E-state index in [1.165, 1.54) is 161 Å². The van der Waals surface area contributed by atoms with Crippen molar-refractivity contribution < 1.29 is 0 Å². The molecular weight excluding hydrogens is 977 g/mol. The summed E-state index contributed by atoms with van der Waals surface area (Å²) < 4.78 is 5.15. The van der Waals surface area contributed by atoms with E-state index in [1.807, 2.05) is 22.7 Å². The van der Waals surface area contributed by atoms with Gasteiger partial charge in [-0.2, -0.15) is 0 Å². The predicted molar refractivity (Wildman–Crippen MR) is 340 cm³/mol. The van der Waals surface area contributed by atoms with E-state index in [2.05, 4.69) is 279 Å². The molecule has 0 bridgehead atoms. The van der Waals surface area contributed by atoms with Gasteiger partial charge >= 0.3 is 0 Å². The van der Waals surface area contributed by atoms with Crippen LogP contribution in [-0.4, -0.2) is 0 Å². The lowest BCUT2D eigenvalue weighted by Gasteiger charge is -2.18. The Kier molecular flexibility index (Phi) is 10.4. The molecule has 0 amide bonds. The molecule has 78 heavy (non-hydrogen) atoms. The zero-order valence-corrected chi connectivity index (χ0v) is 44.0. The minimum atomic E-state index is 1.21. The Labute approximate surface area is 460 Å². The molecule has 0 fully saturated rings. The SMILES string of the molecule is c1ccc(-c2cc(-c3cccc4ccccc34)cc3c2sc2ccc(-c4cccc5ccccc45)cc23)c(-c2ccccc2-c2cc(-c3cccc4ccccc34)cc3c2sc2ccc(-c4cccc5ccccc45)cc23)c1. The van der Waals surface area contributed by atoms with Crippen molar-refractivity contribution in [1.82, 2.24) is 0 Å². The van der Waals surface area contributed by atoms with Gasteiger partial charge in [0.25, 0.3) is 0 Å². The lowest BCUT2D eigenvalue weighted by molar-refractivity contribution is 1.59. The quantitative estimate of drug-likeness (QED) is 0.149. The van der Waals surface area contributed by atoms with Gasteiger partial charge in [0, 0.05) is 51.5 Å². The van der Waals surface area contributed by atoms with E-state index < -0.39 is 0 Å². The van der Waals surface area contributed by atoms with Crippen molar-refractivity contribution in [3.63, 3.8) is 0 Å². The fraction of sp³-hybridized carbons (Fsp3) is 0. The third-order valence-electron chi connectivity index (χ3n) is 16.3. The minimum absolute atomic E-state index is 1.21. The summed E-state index contributed by atoms with van der Waals surface area (Å²) in [5, 5.41) is 15.1. The van der Waals surface area contributed by atoms with Crippen molar-refractivity contribution in [2.45, 2.75) is 0 Å². The summed E-state index contributed by atoms with van der Waals surface area (Å²) in [6.07, 6.45) is 0. The second-order valence-corrected chi connectivity index (χ2v) is 22.7. The van der Waals surface area contributed by atoms with Crippen molar-refractivity contribution in [2.24, 2.45) is 0 Å². The average molecular weight is 1020 g/mol. The van der Waals surface area contributed by atoms with Gasteiger partial charge in [0.15, 0.2) is 0 Å². The molecule has 0 aliphatic rings. The Balaban J connectivity index is 0.940. The van der Waals surface area contributed by atoms with Gasteiger partial charge in [0.05, 0.1) is 0 Å². The van der Waals surface area contributed by atoms with E-state index in [0.717, 1.165) is 0 Å². The van der Waals surface area contributed by atoms with Gasteiger partial charge in [-0.05, 0) is 158 Å². The molecule has 14 aromatic carbocycles. The largest absolute Gasteiger partial charge is 0.135 e. The molecular formula is C76H46S2. The molecule has 362 valence electrons. The summed E-state index contributed by atoms with van der Waals surface area (Å²) in [7, 11) is 0. The highest BCUT2D eigenvalue weighted by molar-refractivity contribution is 7.26. The highest BCUT2D eigenvalue weighted by Gasteiger charge is 2.22. The number of benzene rings is 14. The van der Waals surface area contributed by atoms with Gasteiger partial charge in [0.2, 0.25) is 0 Å². The van der Waals surface area contributed by atoms with Gasteiger partial charge in [-0.25, -0.2) is 0 Å². The second kappa shape index (κ2) is 18.1. The van der Waals surface area contributed by atoms with E-state index in [0.29, 0.717) is 0 Å². The number of hydrogen-bond donors (Lipinski definition) is 0. The Morgan fingerprint density at radius 1 is 0.167 bits per heavy atom. The predicted octanol–water partition coefficient (Wildman–Crippen LogP) is 22.7.